The van der Waals surface area contributed by atoms with Crippen LogP contribution in [0.1, 0.15) is 10.4 Å². The van der Waals surface area contributed by atoms with Crippen molar-refractivity contribution in [3.05, 3.63) is 34.9 Å². The van der Waals surface area contributed by atoms with Gasteiger partial charge in [-0.05, 0) is 12.1 Å². The van der Waals surface area contributed by atoms with Gasteiger partial charge in [-0.15, -0.1) is 0 Å². The van der Waals surface area contributed by atoms with Crippen LogP contribution in [0.4, 0.5) is 8.78 Å². The van der Waals surface area contributed by atoms with Gasteiger partial charge in [-0.2, -0.15) is 17.2 Å². The second-order valence-electron chi connectivity index (χ2n) is 3.17. The first-order valence-electron chi connectivity index (χ1n) is 4.41. The van der Waals surface area contributed by atoms with Crippen LogP contribution in [-0.2, 0) is 14.9 Å². The SMILES string of the molecule is O=C(OCC(F)(F)S(=O)(=O)O)c1ccccc1Cl. The third-order valence-electron chi connectivity index (χ3n) is 1.84. The fraction of sp³-hybridized carbons (Fsp3) is 0.222. The summed E-state index contributed by atoms with van der Waals surface area (Å²) in [6.07, 6.45) is 0. The number of alkyl halides is 2. The predicted molar refractivity (Wildman–Crippen MR) is 58.2 cm³/mol. The van der Waals surface area contributed by atoms with Gasteiger partial charge >= 0.3 is 21.3 Å². The molecule has 0 aromatic heterocycles. The average Bonchev–Trinajstić information content (AvgIpc) is 2.25. The summed E-state index contributed by atoms with van der Waals surface area (Å²) in [6.45, 7) is -1.80. The Morgan fingerprint density at radius 1 is 1.39 bits per heavy atom. The minimum atomic E-state index is -5.63. The summed E-state index contributed by atoms with van der Waals surface area (Å²) in [5.74, 6) is -1.22. The third kappa shape index (κ3) is 3.37. The molecule has 0 aliphatic heterocycles. The van der Waals surface area contributed by atoms with Gasteiger partial charge in [0, 0.05) is 0 Å². The molecular weight excluding hydrogens is 294 g/mol. The van der Waals surface area contributed by atoms with E-state index in [1.54, 1.807) is 0 Å². The van der Waals surface area contributed by atoms with Crippen molar-refractivity contribution in [2.45, 2.75) is 5.25 Å². The van der Waals surface area contributed by atoms with Gasteiger partial charge in [0.15, 0.2) is 6.61 Å². The van der Waals surface area contributed by atoms with Crippen molar-refractivity contribution in [2.24, 2.45) is 0 Å². The van der Waals surface area contributed by atoms with Crippen LogP contribution in [0, 0.1) is 0 Å². The first-order valence-corrected chi connectivity index (χ1v) is 6.23. The lowest BCUT2D eigenvalue weighted by Gasteiger charge is -2.13. The Hall–Kier alpha value is -1.25. The fourth-order valence-electron chi connectivity index (χ4n) is 0.929. The molecule has 0 unspecified atom stereocenters. The zero-order chi connectivity index (χ0) is 14.0. The first-order chi connectivity index (χ1) is 8.15. The Kier molecular flexibility index (Phi) is 4.25. The highest BCUT2D eigenvalue weighted by molar-refractivity contribution is 7.86. The highest BCUT2D eigenvalue weighted by atomic mass is 35.5. The summed E-state index contributed by atoms with van der Waals surface area (Å²) < 4.78 is 58.3. The molecule has 0 aliphatic rings. The second kappa shape index (κ2) is 5.17. The highest BCUT2D eigenvalue weighted by Gasteiger charge is 2.45. The van der Waals surface area contributed by atoms with Gasteiger partial charge in [0.1, 0.15) is 0 Å². The minimum absolute atomic E-state index is 0.0299. The van der Waals surface area contributed by atoms with Crippen LogP contribution in [0.3, 0.4) is 0 Å². The van der Waals surface area contributed by atoms with E-state index in [-0.39, 0.29) is 10.6 Å². The maximum atomic E-state index is 12.8. The standard InChI is InChI=1S/C9H7ClF2O5S/c10-7-4-2-1-3-6(7)8(13)17-5-9(11,12)18(14,15)16/h1-4H,5H2,(H,14,15,16). The van der Waals surface area contributed by atoms with Gasteiger partial charge in [0.25, 0.3) is 0 Å². The summed E-state index contributed by atoms with van der Waals surface area (Å²) in [4.78, 5) is 11.3. The summed E-state index contributed by atoms with van der Waals surface area (Å²) in [5.41, 5.74) is -0.190. The lowest BCUT2D eigenvalue weighted by Crippen LogP contribution is -2.34. The van der Waals surface area contributed by atoms with Crippen LogP contribution in [0.15, 0.2) is 24.3 Å². The summed E-state index contributed by atoms with van der Waals surface area (Å²) >= 11 is 5.60. The number of hydrogen-bond acceptors (Lipinski definition) is 4. The summed E-state index contributed by atoms with van der Waals surface area (Å²) in [7, 11) is -5.63. The molecule has 0 heterocycles. The van der Waals surface area contributed by atoms with Gasteiger partial charge in [-0.3, -0.25) is 4.55 Å². The van der Waals surface area contributed by atoms with Gasteiger partial charge in [-0.25, -0.2) is 4.79 Å². The molecule has 18 heavy (non-hydrogen) atoms. The van der Waals surface area contributed by atoms with E-state index in [9.17, 15) is 22.0 Å². The molecule has 0 atom stereocenters. The molecule has 0 amide bonds. The Balaban J connectivity index is 2.77. The number of esters is 1. The molecule has 0 saturated carbocycles. The number of carbonyl (C=O) groups is 1. The molecule has 0 saturated heterocycles. The molecule has 0 bridgehead atoms. The quantitative estimate of drug-likeness (QED) is 0.679. The average molecular weight is 301 g/mol. The lowest BCUT2D eigenvalue weighted by molar-refractivity contribution is -0.00949. The van der Waals surface area contributed by atoms with Crippen molar-refractivity contribution < 1.29 is 31.3 Å². The van der Waals surface area contributed by atoms with Gasteiger partial charge in [0.2, 0.25) is 0 Å². The molecule has 1 aromatic rings. The number of ether oxygens (including phenoxy) is 1. The van der Waals surface area contributed by atoms with E-state index < -0.39 is 27.9 Å². The number of halogens is 3. The van der Waals surface area contributed by atoms with Gasteiger partial charge in [-0.1, -0.05) is 23.7 Å². The van der Waals surface area contributed by atoms with Crippen LogP contribution < -0.4 is 0 Å². The van der Waals surface area contributed by atoms with Crippen molar-refractivity contribution >= 4 is 27.7 Å². The van der Waals surface area contributed by atoms with Crippen LogP contribution in [0.25, 0.3) is 0 Å². The zero-order valence-corrected chi connectivity index (χ0v) is 10.2. The smallest absolute Gasteiger partial charge is 0.402 e. The lowest BCUT2D eigenvalue weighted by atomic mass is 10.2. The van der Waals surface area contributed by atoms with Crippen molar-refractivity contribution in [2.75, 3.05) is 6.61 Å². The first kappa shape index (κ1) is 14.8. The zero-order valence-electron chi connectivity index (χ0n) is 8.64. The fourth-order valence-corrected chi connectivity index (χ4v) is 1.35. The van der Waals surface area contributed by atoms with Crippen molar-refractivity contribution in [1.29, 1.82) is 0 Å². The third-order valence-corrected chi connectivity index (χ3v) is 3.04. The molecule has 100 valence electrons. The molecule has 5 nitrogen and oxygen atoms in total. The monoisotopic (exact) mass is 300 g/mol. The molecule has 1 aromatic carbocycles. The maximum absolute atomic E-state index is 12.8. The summed E-state index contributed by atoms with van der Waals surface area (Å²) in [6, 6.07) is 5.48. The highest BCUT2D eigenvalue weighted by Crippen LogP contribution is 2.22. The number of hydrogen-bond donors (Lipinski definition) is 1. The van der Waals surface area contributed by atoms with Crippen LogP contribution in [0.5, 0.6) is 0 Å². The van der Waals surface area contributed by atoms with Crippen LogP contribution >= 0.6 is 11.6 Å². The van der Waals surface area contributed by atoms with Gasteiger partial charge in [0.05, 0.1) is 10.6 Å². The second-order valence-corrected chi connectivity index (χ2v) is 5.12. The maximum Gasteiger partial charge on any atom is 0.402 e. The Morgan fingerprint density at radius 2 is 1.94 bits per heavy atom. The molecule has 9 heteroatoms. The molecule has 0 radical (unpaired) electrons. The van der Waals surface area contributed by atoms with Crippen molar-refractivity contribution in [3.8, 4) is 0 Å². The van der Waals surface area contributed by atoms with E-state index in [0.717, 1.165) is 0 Å². The minimum Gasteiger partial charge on any atom is -0.454 e. The number of benzene rings is 1. The van der Waals surface area contributed by atoms with E-state index >= 15 is 0 Å². The Labute approximate surface area is 106 Å². The molecule has 0 aliphatic carbocycles. The van der Waals surface area contributed by atoms with Crippen molar-refractivity contribution in [1.82, 2.24) is 0 Å². The number of carbonyl (C=O) groups excluding carboxylic acids is 1. The Morgan fingerprint density at radius 3 is 2.44 bits per heavy atom. The molecule has 0 fully saturated rings. The van der Waals surface area contributed by atoms with E-state index in [2.05, 4.69) is 4.74 Å². The van der Waals surface area contributed by atoms with Crippen molar-refractivity contribution in [3.63, 3.8) is 0 Å². The van der Waals surface area contributed by atoms with Crippen LogP contribution in [0.2, 0.25) is 5.02 Å². The predicted octanol–water partition coefficient (Wildman–Crippen LogP) is 1.98. The molecule has 1 N–H and O–H groups in total. The topological polar surface area (TPSA) is 80.7 Å². The van der Waals surface area contributed by atoms with Crippen LogP contribution in [-0.4, -0.2) is 30.8 Å². The number of rotatable bonds is 4. The normalized spacial score (nSPS) is 12.2. The van der Waals surface area contributed by atoms with Gasteiger partial charge < -0.3 is 4.74 Å². The van der Waals surface area contributed by atoms with E-state index in [1.165, 1.54) is 24.3 Å². The Bertz CT molecular complexity index is 558. The largest absolute Gasteiger partial charge is 0.454 e. The van der Waals surface area contributed by atoms with E-state index in [1.807, 2.05) is 0 Å². The molecular formula is C9H7ClF2O5S. The molecule has 0 spiro atoms. The van der Waals surface area contributed by atoms with E-state index in [0.29, 0.717) is 0 Å². The molecule has 1 rings (SSSR count). The summed E-state index contributed by atoms with van der Waals surface area (Å²) in [5, 5.41) is -4.60. The van der Waals surface area contributed by atoms with E-state index in [4.69, 9.17) is 16.2 Å².